The van der Waals surface area contributed by atoms with Crippen LogP contribution in [0.4, 0.5) is 11.4 Å². The average molecular weight is 629 g/mol. The van der Waals surface area contributed by atoms with Gasteiger partial charge < -0.3 is 29.3 Å². The van der Waals surface area contributed by atoms with E-state index in [-0.39, 0.29) is 24.8 Å². The van der Waals surface area contributed by atoms with E-state index in [4.69, 9.17) is 37.4 Å². The summed E-state index contributed by atoms with van der Waals surface area (Å²) in [5.74, 6) is 0.227. The quantitative estimate of drug-likeness (QED) is 0.265. The lowest BCUT2D eigenvalue weighted by molar-refractivity contribution is -0.141. The molecule has 1 N–H and O–H groups in total. The maximum Gasteiger partial charge on any atom is 0.244 e. The van der Waals surface area contributed by atoms with Crippen molar-refractivity contribution in [1.82, 2.24) is 4.90 Å². The number of benzene rings is 3. The Hall–Kier alpha value is -3.95. The Bertz CT molecular complexity index is 1470. The molecule has 1 aliphatic rings. The molecule has 0 spiro atoms. The number of ether oxygens (including phenoxy) is 3. The maximum absolute atomic E-state index is 14.3. The van der Waals surface area contributed by atoms with E-state index in [1.807, 2.05) is 13.0 Å². The highest BCUT2D eigenvalue weighted by atomic mass is 35.5. The van der Waals surface area contributed by atoms with Gasteiger partial charge in [-0.1, -0.05) is 36.2 Å². The van der Waals surface area contributed by atoms with Crippen LogP contribution in [0.25, 0.3) is 0 Å². The van der Waals surface area contributed by atoms with Gasteiger partial charge in [-0.3, -0.25) is 14.4 Å². The molecule has 43 heavy (non-hydrogen) atoms. The fourth-order valence-electron chi connectivity index (χ4n) is 5.34. The van der Waals surface area contributed by atoms with Crippen LogP contribution in [0.15, 0.2) is 60.7 Å². The highest BCUT2D eigenvalue weighted by molar-refractivity contribution is 6.35. The molecule has 228 valence electrons. The zero-order valence-corrected chi connectivity index (χ0v) is 26.1. The number of hydrogen-bond acceptors (Lipinski definition) is 6. The molecular weight excluding hydrogens is 593 g/mol. The summed E-state index contributed by atoms with van der Waals surface area (Å²) in [6, 6.07) is 16.6. The molecule has 1 fully saturated rings. The molecule has 0 radical (unpaired) electrons. The summed E-state index contributed by atoms with van der Waals surface area (Å²) in [6.07, 6.45) is 1.10. The van der Waals surface area contributed by atoms with E-state index < -0.39 is 17.9 Å². The van der Waals surface area contributed by atoms with Crippen molar-refractivity contribution in [2.24, 2.45) is 5.92 Å². The Morgan fingerprint density at radius 2 is 1.67 bits per heavy atom. The molecule has 1 saturated heterocycles. The maximum atomic E-state index is 14.3. The second kappa shape index (κ2) is 14.5. The Kier molecular flexibility index (Phi) is 10.8. The van der Waals surface area contributed by atoms with Crippen LogP contribution in [0.1, 0.15) is 37.8 Å². The zero-order valence-electron chi connectivity index (χ0n) is 24.6. The third-order valence-corrected chi connectivity index (χ3v) is 7.92. The number of hydrogen-bond donors (Lipinski definition) is 1. The molecule has 4 rings (SSSR count). The first-order valence-corrected chi connectivity index (χ1v) is 14.7. The molecule has 0 aliphatic carbocycles. The van der Waals surface area contributed by atoms with Gasteiger partial charge in [0.05, 0.1) is 50.5 Å². The van der Waals surface area contributed by atoms with E-state index in [1.165, 1.54) is 12.0 Å². The van der Waals surface area contributed by atoms with Gasteiger partial charge in [0.25, 0.3) is 0 Å². The van der Waals surface area contributed by atoms with Crippen molar-refractivity contribution in [3.8, 4) is 17.2 Å². The topological polar surface area (TPSA) is 97.4 Å². The SMILES string of the molecule is CCCN(CC(=O)Nc1cc(Cl)ccc1Cl)C(=O)C1CCC(=O)N(c2ccc(OC)cc2)C1c1ccc(OC)c(OC)c1. The van der Waals surface area contributed by atoms with Gasteiger partial charge >= 0.3 is 0 Å². The monoisotopic (exact) mass is 627 g/mol. The number of anilines is 2. The minimum atomic E-state index is -0.674. The smallest absolute Gasteiger partial charge is 0.244 e. The van der Waals surface area contributed by atoms with Crippen LogP contribution < -0.4 is 24.4 Å². The molecule has 1 heterocycles. The van der Waals surface area contributed by atoms with Crippen LogP contribution >= 0.6 is 23.2 Å². The van der Waals surface area contributed by atoms with Crippen LogP contribution in [0, 0.1) is 5.92 Å². The van der Waals surface area contributed by atoms with E-state index in [1.54, 1.807) is 73.7 Å². The first kappa shape index (κ1) is 32.0. The number of amides is 3. The molecule has 0 saturated carbocycles. The van der Waals surface area contributed by atoms with Gasteiger partial charge in [-0.05, 0) is 73.0 Å². The highest BCUT2D eigenvalue weighted by Gasteiger charge is 2.43. The molecule has 3 aromatic carbocycles. The largest absolute Gasteiger partial charge is 0.497 e. The molecule has 0 aromatic heterocycles. The number of carbonyl (C=O) groups is 3. The summed E-state index contributed by atoms with van der Waals surface area (Å²) < 4.78 is 16.3. The predicted molar refractivity (Wildman–Crippen MR) is 167 cm³/mol. The van der Waals surface area contributed by atoms with Crippen molar-refractivity contribution >= 4 is 52.3 Å². The summed E-state index contributed by atoms with van der Waals surface area (Å²) >= 11 is 12.3. The van der Waals surface area contributed by atoms with Gasteiger partial charge in [0.1, 0.15) is 5.75 Å². The molecule has 3 aromatic rings. The summed E-state index contributed by atoms with van der Waals surface area (Å²) in [5, 5.41) is 3.52. The Labute approximate surface area is 261 Å². The van der Waals surface area contributed by atoms with Crippen molar-refractivity contribution in [3.63, 3.8) is 0 Å². The van der Waals surface area contributed by atoms with E-state index in [0.717, 1.165) is 0 Å². The Morgan fingerprint density at radius 1 is 0.953 bits per heavy atom. The van der Waals surface area contributed by atoms with E-state index in [9.17, 15) is 14.4 Å². The van der Waals surface area contributed by atoms with E-state index in [2.05, 4.69) is 5.32 Å². The molecule has 9 nitrogen and oxygen atoms in total. The lowest BCUT2D eigenvalue weighted by atomic mass is 9.82. The lowest BCUT2D eigenvalue weighted by Crippen LogP contribution is -2.50. The van der Waals surface area contributed by atoms with E-state index in [0.29, 0.717) is 63.6 Å². The number of rotatable bonds is 11. The molecule has 0 bridgehead atoms. The van der Waals surface area contributed by atoms with Crippen molar-refractivity contribution < 1.29 is 28.6 Å². The summed E-state index contributed by atoms with van der Waals surface area (Å²) in [6.45, 7) is 2.09. The number of nitrogens with zero attached hydrogens (tertiary/aromatic N) is 2. The predicted octanol–water partition coefficient (Wildman–Crippen LogP) is 6.38. The number of methoxy groups -OCH3 is 3. The number of carbonyl (C=O) groups excluding carboxylic acids is 3. The molecule has 1 aliphatic heterocycles. The standard InChI is InChI=1S/C32H35Cl2N3O6/c1-5-16-36(19-29(38)35-26-18-21(33)7-13-25(26)34)32(40)24-12-15-30(39)37(22-8-10-23(41-2)11-9-22)31(24)20-6-14-27(42-3)28(17-20)43-4/h6-11,13-14,17-18,24,31H,5,12,15-16,19H2,1-4H3,(H,35,38). The zero-order chi connectivity index (χ0) is 31.1. The molecular formula is C32H35Cl2N3O6. The highest BCUT2D eigenvalue weighted by Crippen LogP contribution is 2.43. The number of piperidine rings is 1. The third kappa shape index (κ3) is 7.35. The molecule has 11 heteroatoms. The van der Waals surface area contributed by atoms with Crippen molar-refractivity contribution in [3.05, 3.63) is 76.3 Å². The minimum Gasteiger partial charge on any atom is -0.497 e. The van der Waals surface area contributed by atoms with Crippen LogP contribution in [-0.4, -0.2) is 57.0 Å². The Morgan fingerprint density at radius 3 is 2.33 bits per heavy atom. The fourth-order valence-corrected chi connectivity index (χ4v) is 5.68. The second-order valence-corrected chi connectivity index (χ2v) is 10.9. The summed E-state index contributed by atoms with van der Waals surface area (Å²) in [4.78, 5) is 44.2. The van der Waals surface area contributed by atoms with Gasteiger partial charge in [-0.15, -0.1) is 0 Å². The van der Waals surface area contributed by atoms with Crippen molar-refractivity contribution in [2.45, 2.75) is 32.2 Å². The van der Waals surface area contributed by atoms with Crippen molar-refractivity contribution in [1.29, 1.82) is 0 Å². The van der Waals surface area contributed by atoms with E-state index >= 15 is 0 Å². The van der Waals surface area contributed by atoms with Crippen molar-refractivity contribution in [2.75, 3.05) is 44.6 Å². The van der Waals surface area contributed by atoms with Crippen LogP contribution in [0.5, 0.6) is 17.2 Å². The lowest BCUT2D eigenvalue weighted by Gasteiger charge is -2.42. The third-order valence-electron chi connectivity index (χ3n) is 7.36. The van der Waals surface area contributed by atoms with Crippen LogP contribution in [0.2, 0.25) is 10.0 Å². The normalized spacial score (nSPS) is 16.4. The van der Waals surface area contributed by atoms with Gasteiger partial charge in [0.15, 0.2) is 11.5 Å². The van der Waals surface area contributed by atoms with Gasteiger partial charge in [0, 0.05) is 23.7 Å². The summed E-state index contributed by atoms with van der Waals surface area (Å²) in [5.41, 5.74) is 1.69. The second-order valence-electron chi connectivity index (χ2n) is 10.1. The van der Waals surface area contributed by atoms with Gasteiger partial charge in [0.2, 0.25) is 17.7 Å². The minimum absolute atomic E-state index is 0.121. The van der Waals surface area contributed by atoms with Gasteiger partial charge in [-0.25, -0.2) is 0 Å². The first-order chi connectivity index (χ1) is 20.7. The molecule has 3 amide bonds. The average Bonchev–Trinajstić information content (AvgIpc) is 3.01. The van der Waals surface area contributed by atoms with Gasteiger partial charge in [-0.2, -0.15) is 0 Å². The summed E-state index contributed by atoms with van der Waals surface area (Å²) in [7, 11) is 4.65. The fraction of sp³-hybridized carbons (Fsp3) is 0.344. The molecule has 2 atom stereocenters. The first-order valence-electron chi connectivity index (χ1n) is 13.9. The van der Waals surface area contributed by atoms with Crippen LogP contribution in [-0.2, 0) is 14.4 Å². The molecule has 2 unspecified atom stereocenters. The number of halogens is 2. The number of nitrogens with one attached hydrogen (secondary N) is 1. The Balaban J connectivity index is 1.71. The van der Waals surface area contributed by atoms with Crippen LogP contribution in [0.3, 0.4) is 0 Å².